The molecule has 0 bridgehead atoms. The molecule has 0 amide bonds. The quantitative estimate of drug-likeness (QED) is 0.901. The SMILES string of the molecule is CCc1cc(CNC2CC2)cc(N2CC3CCCC3C2)n1. The third kappa shape index (κ3) is 2.94. The smallest absolute Gasteiger partial charge is 0.129 e. The van der Waals surface area contributed by atoms with E-state index in [9.17, 15) is 0 Å². The summed E-state index contributed by atoms with van der Waals surface area (Å²) in [6.45, 7) is 5.69. The van der Waals surface area contributed by atoms with Crippen molar-refractivity contribution in [1.82, 2.24) is 10.3 Å². The first-order chi connectivity index (χ1) is 10.3. The normalized spacial score (nSPS) is 28.1. The van der Waals surface area contributed by atoms with E-state index in [1.54, 1.807) is 0 Å². The highest BCUT2D eigenvalue weighted by molar-refractivity contribution is 5.44. The standard InChI is InChI=1S/C18H27N3/c1-2-16-8-13(10-19-17-6-7-17)9-18(20-16)21-11-14-4-3-5-15(14)12-21/h8-9,14-15,17,19H,2-7,10-12H2,1H3. The molecule has 2 aliphatic carbocycles. The van der Waals surface area contributed by atoms with Gasteiger partial charge in [0.2, 0.25) is 0 Å². The second-order valence-electron chi connectivity index (χ2n) is 7.19. The molecule has 3 aliphatic rings. The molecule has 3 heteroatoms. The van der Waals surface area contributed by atoms with Gasteiger partial charge in [-0.05, 0) is 61.6 Å². The molecule has 2 unspecified atom stereocenters. The Morgan fingerprint density at radius 3 is 2.57 bits per heavy atom. The van der Waals surface area contributed by atoms with Gasteiger partial charge in [0.05, 0.1) is 0 Å². The van der Waals surface area contributed by atoms with Crippen LogP contribution in [-0.2, 0) is 13.0 Å². The Hall–Kier alpha value is -1.09. The van der Waals surface area contributed by atoms with Crippen LogP contribution in [0, 0.1) is 11.8 Å². The van der Waals surface area contributed by atoms with Crippen molar-refractivity contribution in [2.45, 2.75) is 58.0 Å². The lowest BCUT2D eigenvalue weighted by atomic mass is 10.0. The van der Waals surface area contributed by atoms with Gasteiger partial charge < -0.3 is 10.2 Å². The second kappa shape index (κ2) is 5.60. The van der Waals surface area contributed by atoms with Crippen LogP contribution in [0.1, 0.15) is 50.3 Å². The van der Waals surface area contributed by atoms with E-state index in [2.05, 4.69) is 29.3 Å². The van der Waals surface area contributed by atoms with Crippen molar-refractivity contribution in [1.29, 1.82) is 0 Å². The van der Waals surface area contributed by atoms with Crippen LogP contribution >= 0.6 is 0 Å². The third-order valence-corrected chi connectivity index (χ3v) is 5.51. The van der Waals surface area contributed by atoms with E-state index in [0.29, 0.717) is 0 Å². The molecule has 2 atom stereocenters. The van der Waals surface area contributed by atoms with Gasteiger partial charge in [-0.1, -0.05) is 13.3 Å². The Morgan fingerprint density at radius 2 is 1.90 bits per heavy atom. The lowest BCUT2D eigenvalue weighted by molar-refractivity contribution is 0.494. The predicted octanol–water partition coefficient (Wildman–Crippen LogP) is 3.13. The minimum Gasteiger partial charge on any atom is -0.356 e. The first-order valence-electron chi connectivity index (χ1n) is 8.80. The van der Waals surface area contributed by atoms with E-state index in [0.717, 1.165) is 30.8 Å². The van der Waals surface area contributed by atoms with E-state index in [-0.39, 0.29) is 0 Å². The molecule has 2 heterocycles. The number of nitrogens with zero attached hydrogens (tertiary/aromatic N) is 2. The third-order valence-electron chi connectivity index (χ3n) is 5.51. The summed E-state index contributed by atoms with van der Waals surface area (Å²) in [4.78, 5) is 7.45. The Morgan fingerprint density at radius 1 is 1.14 bits per heavy atom. The summed E-state index contributed by atoms with van der Waals surface area (Å²) in [6.07, 6.45) is 8.06. The summed E-state index contributed by atoms with van der Waals surface area (Å²) in [7, 11) is 0. The van der Waals surface area contributed by atoms with Crippen LogP contribution in [0.4, 0.5) is 5.82 Å². The molecular formula is C18H27N3. The van der Waals surface area contributed by atoms with E-state index in [1.807, 2.05) is 0 Å². The Labute approximate surface area is 128 Å². The summed E-state index contributed by atoms with van der Waals surface area (Å²) in [5.41, 5.74) is 2.66. The van der Waals surface area contributed by atoms with Gasteiger partial charge in [-0.15, -0.1) is 0 Å². The maximum absolute atomic E-state index is 4.90. The monoisotopic (exact) mass is 285 g/mol. The van der Waals surface area contributed by atoms with Crippen molar-refractivity contribution in [3.63, 3.8) is 0 Å². The van der Waals surface area contributed by atoms with Gasteiger partial charge in [0, 0.05) is 31.4 Å². The fourth-order valence-electron chi connectivity index (χ4n) is 4.05. The van der Waals surface area contributed by atoms with Crippen molar-refractivity contribution in [3.8, 4) is 0 Å². The highest BCUT2D eigenvalue weighted by Gasteiger charge is 2.36. The zero-order valence-electron chi connectivity index (χ0n) is 13.1. The second-order valence-corrected chi connectivity index (χ2v) is 7.19. The summed E-state index contributed by atoms with van der Waals surface area (Å²) >= 11 is 0. The van der Waals surface area contributed by atoms with Crippen molar-refractivity contribution < 1.29 is 0 Å². The molecule has 0 aromatic carbocycles. The number of hydrogen-bond donors (Lipinski definition) is 1. The molecule has 21 heavy (non-hydrogen) atoms. The lowest BCUT2D eigenvalue weighted by Crippen LogP contribution is -2.23. The number of aromatic nitrogens is 1. The Balaban J connectivity index is 1.51. The van der Waals surface area contributed by atoms with E-state index < -0.39 is 0 Å². The molecule has 0 spiro atoms. The lowest BCUT2D eigenvalue weighted by Gasteiger charge is -2.20. The molecule has 1 saturated heterocycles. The number of fused-ring (bicyclic) bond motifs is 1. The van der Waals surface area contributed by atoms with E-state index in [1.165, 1.54) is 62.3 Å². The minimum absolute atomic E-state index is 0.776. The highest BCUT2D eigenvalue weighted by Crippen LogP contribution is 2.39. The van der Waals surface area contributed by atoms with Crippen molar-refractivity contribution in [2.24, 2.45) is 11.8 Å². The molecule has 3 nitrogen and oxygen atoms in total. The molecule has 1 aliphatic heterocycles. The molecule has 4 rings (SSSR count). The Kier molecular flexibility index (Phi) is 3.62. The summed E-state index contributed by atoms with van der Waals surface area (Å²) < 4.78 is 0. The topological polar surface area (TPSA) is 28.2 Å². The van der Waals surface area contributed by atoms with Gasteiger partial charge in [-0.3, -0.25) is 0 Å². The van der Waals surface area contributed by atoms with Crippen LogP contribution < -0.4 is 10.2 Å². The zero-order chi connectivity index (χ0) is 14.2. The number of hydrogen-bond acceptors (Lipinski definition) is 3. The largest absolute Gasteiger partial charge is 0.356 e. The molecule has 0 radical (unpaired) electrons. The molecular weight excluding hydrogens is 258 g/mol. The maximum Gasteiger partial charge on any atom is 0.129 e. The molecule has 1 aromatic rings. The van der Waals surface area contributed by atoms with Crippen LogP contribution in [0.2, 0.25) is 0 Å². The summed E-state index contributed by atoms with van der Waals surface area (Å²) in [6, 6.07) is 5.39. The average molecular weight is 285 g/mol. The van der Waals surface area contributed by atoms with Gasteiger partial charge >= 0.3 is 0 Å². The summed E-state index contributed by atoms with van der Waals surface area (Å²) in [5, 5.41) is 3.64. The van der Waals surface area contributed by atoms with Gasteiger partial charge in [0.25, 0.3) is 0 Å². The van der Waals surface area contributed by atoms with Gasteiger partial charge in [-0.2, -0.15) is 0 Å². The predicted molar refractivity (Wildman–Crippen MR) is 86.5 cm³/mol. The zero-order valence-corrected chi connectivity index (χ0v) is 13.1. The first kappa shape index (κ1) is 13.6. The summed E-state index contributed by atoms with van der Waals surface area (Å²) in [5.74, 6) is 3.10. The number of nitrogens with one attached hydrogen (secondary N) is 1. The van der Waals surface area contributed by atoms with Crippen molar-refractivity contribution >= 4 is 5.82 Å². The molecule has 114 valence electrons. The van der Waals surface area contributed by atoms with Gasteiger partial charge in [0.1, 0.15) is 5.82 Å². The van der Waals surface area contributed by atoms with Crippen molar-refractivity contribution in [2.75, 3.05) is 18.0 Å². The van der Waals surface area contributed by atoms with Crippen LogP contribution in [0.3, 0.4) is 0 Å². The van der Waals surface area contributed by atoms with E-state index in [4.69, 9.17) is 4.98 Å². The van der Waals surface area contributed by atoms with Crippen LogP contribution in [0.5, 0.6) is 0 Å². The van der Waals surface area contributed by atoms with Gasteiger partial charge in [0.15, 0.2) is 0 Å². The molecule has 2 saturated carbocycles. The highest BCUT2D eigenvalue weighted by atomic mass is 15.2. The minimum atomic E-state index is 0.776. The van der Waals surface area contributed by atoms with Gasteiger partial charge in [-0.25, -0.2) is 4.98 Å². The van der Waals surface area contributed by atoms with E-state index >= 15 is 0 Å². The van der Waals surface area contributed by atoms with Crippen LogP contribution in [0.25, 0.3) is 0 Å². The van der Waals surface area contributed by atoms with Crippen molar-refractivity contribution in [3.05, 3.63) is 23.4 Å². The number of rotatable bonds is 5. The fraction of sp³-hybridized carbons (Fsp3) is 0.722. The molecule has 3 fully saturated rings. The number of anilines is 1. The fourth-order valence-corrected chi connectivity index (χ4v) is 4.05. The Bertz CT molecular complexity index is 497. The average Bonchev–Trinajstić information content (AvgIpc) is 3.08. The van der Waals surface area contributed by atoms with Crippen LogP contribution in [0.15, 0.2) is 12.1 Å². The first-order valence-corrected chi connectivity index (χ1v) is 8.80. The molecule has 1 N–H and O–H groups in total. The maximum atomic E-state index is 4.90. The number of pyridine rings is 1. The molecule has 1 aromatic heterocycles. The number of aryl methyl sites for hydroxylation is 1. The van der Waals surface area contributed by atoms with Crippen LogP contribution in [-0.4, -0.2) is 24.1 Å².